The van der Waals surface area contributed by atoms with Gasteiger partial charge >= 0.3 is 0 Å². The first-order chi connectivity index (χ1) is 4.62. The van der Waals surface area contributed by atoms with E-state index in [0.29, 0.717) is 6.42 Å². The van der Waals surface area contributed by atoms with Crippen molar-refractivity contribution in [3.05, 3.63) is 0 Å². The molecule has 0 saturated heterocycles. The van der Waals surface area contributed by atoms with Gasteiger partial charge in [0.1, 0.15) is 0 Å². The highest BCUT2D eigenvalue weighted by Gasteiger charge is 2.16. The van der Waals surface area contributed by atoms with Crippen LogP contribution in [0.15, 0.2) is 0 Å². The van der Waals surface area contributed by atoms with Crippen molar-refractivity contribution in [3.8, 4) is 10.8 Å². The van der Waals surface area contributed by atoms with Crippen LogP contribution < -0.4 is 0 Å². The van der Waals surface area contributed by atoms with E-state index in [0.717, 1.165) is 12.8 Å². The van der Waals surface area contributed by atoms with Crippen molar-refractivity contribution < 1.29 is 5.11 Å². The van der Waals surface area contributed by atoms with E-state index in [-0.39, 0.29) is 0 Å². The summed E-state index contributed by atoms with van der Waals surface area (Å²) in [5, 5.41) is 9.52. The van der Waals surface area contributed by atoms with E-state index >= 15 is 0 Å². The molecular formula is C8H13BrO. The molecular weight excluding hydrogens is 192 g/mol. The lowest BCUT2D eigenvalue weighted by Gasteiger charge is -2.18. The number of halogens is 1. The highest BCUT2D eigenvalue weighted by Crippen LogP contribution is 2.15. The van der Waals surface area contributed by atoms with Gasteiger partial charge in [-0.1, -0.05) is 19.3 Å². The zero-order valence-electron chi connectivity index (χ0n) is 6.45. The molecule has 1 atom stereocenters. The van der Waals surface area contributed by atoms with Gasteiger partial charge in [-0.15, -0.1) is 0 Å². The second-order valence-electron chi connectivity index (χ2n) is 2.69. The average molecular weight is 205 g/mol. The largest absolute Gasteiger partial charge is 0.389 e. The number of aliphatic hydroxyl groups is 1. The second-order valence-corrected chi connectivity index (χ2v) is 3.09. The van der Waals surface area contributed by atoms with E-state index in [1.165, 1.54) is 0 Å². The van der Waals surface area contributed by atoms with Gasteiger partial charge in [-0.2, -0.15) is 0 Å². The maximum atomic E-state index is 9.52. The predicted octanol–water partition coefficient (Wildman–Crippen LogP) is 2.28. The third kappa shape index (κ3) is 4.84. The third-order valence-corrected chi connectivity index (χ3v) is 1.60. The van der Waals surface area contributed by atoms with Crippen molar-refractivity contribution in [3.63, 3.8) is 0 Å². The van der Waals surface area contributed by atoms with Gasteiger partial charge in [-0.05, 0) is 18.2 Å². The Morgan fingerprint density at radius 3 is 2.60 bits per heavy atom. The summed E-state index contributed by atoms with van der Waals surface area (Å²) < 4.78 is 0. The summed E-state index contributed by atoms with van der Waals surface area (Å²) in [6.45, 7) is 3.86. The first-order valence-electron chi connectivity index (χ1n) is 3.43. The molecule has 0 rings (SSSR count). The van der Waals surface area contributed by atoms with Crippen molar-refractivity contribution in [1.29, 1.82) is 0 Å². The Kier molecular flexibility index (Phi) is 4.76. The molecule has 0 bridgehead atoms. The van der Waals surface area contributed by atoms with Gasteiger partial charge in [0.05, 0.1) is 5.60 Å². The van der Waals surface area contributed by atoms with Crippen LogP contribution in [0.2, 0.25) is 0 Å². The molecule has 1 N–H and O–H groups in total. The Morgan fingerprint density at radius 2 is 2.20 bits per heavy atom. The molecule has 0 saturated carbocycles. The normalized spacial score (nSPS) is 15.2. The summed E-state index contributed by atoms with van der Waals surface area (Å²) in [7, 11) is 0. The average Bonchev–Trinajstić information content (AvgIpc) is 1.84. The molecule has 58 valence electrons. The summed E-state index contributed by atoms with van der Waals surface area (Å²) in [4.78, 5) is 2.58. The zero-order valence-corrected chi connectivity index (χ0v) is 8.03. The van der Waals surface area contributed by atoms with Crippen LogP contribution in [0.3, 0.4) is 0 Å². The van der Waals surface area contributed by atoms with Crippen LogP contribution >= 0.6 is 15.9 Å². The minimum atomic E-state index is -0.602. The van der Waals surface area contributed by atoms with Crippen LogP contribution in [-0.4, -0.2) is 10.7 Å². The van der Waals surface area contributed by atoms with Crippen molar-refractivity contribution in [1.82, 2.24) is 0 Å². The molecule has 0 aliphatic carbocycles. The summed E-state index contributed by atoms with van der Waals surface area (Å²) in [5.41, 5.74) is -0.602. The van der Waals surface area contributed by atoms with Gasteiger partial charge in [0.15, 0.2) is 0 Å². The van der Waals surface area contributed by atoms with E-state index in [9.17, 15) is 5.11 Å². The molecule has 1 nitrogen and oxygen atoms in total. The standard InChI is InChI=1S/C8H13BrO/c1-3-5-8(2,10)6-4-7-9/h10H,3,5-6H2,1-2H3. The van der Waals surface area contributed by atoms with Crippen LogP contribution in [0.5, 0.6) is 0 Å². The zero-order chi connectivity index (χ0) is 8.04. The molecule has 0 aliphatic rings. The minimum Gasteiger partial charge on any atom is -0.389 e. The summed E-state index contributed by atoms with van der Waals surface area (Å²) in [5.74, 6) is 2.79. The summed E-state index contributed by atoms with van der Waals surface area (Å²) in [6.07, 6.45) is 2.36. The van der Waals surface area contributed by atoms with Gasteiger partial charge in [-0.25, -0.2) is 0 Å². The lowest BCUT2D eigenvalue weighted by molar-refractivity contribution is 0.0555. The highest BCUT2D eigenvalue weighted by molar-refractivity contribution is 9.12. The van der Waals surface area contributed by atoms with Crippen LogP contribution in [0.25, 0.3) is 0 Å². The number of rotatable bonds is 3. The van der Waals surface area contributed by atoms with Crippen LogP contribution in [0, 0.1) is 10.8 Å². The Balaban J connectivity index is 3.70. The van der Waals surface area contributed by atoms with E-state index < -0.39 is 5.60 Å². The van der Waals surface area contributed by atoms with Crippen molar-refractivity contribution in [2.45, 2.75) is 38.7 Å². The smallest absolute Gasteiger partial charge is 0.0728 e. The van der Waals surface area contributed by atoms with Crippen LogP contribution in [0.4, 0.5) is 0 Å². The Labute approximate surface area is 71.0 Å². The monoisotopic (exact) mass is 204 g/mol. The molecule has 0 fully saturated rings. The molecule has 10 heavy (non-hydrogen) atoms. The maximum absolute atomic E-state index is 9.52. The molecule has 0 aliphatic heterocycles. The van der Waals surface area contributed by atoms with Crippen molar-refractivity contribution in [2.24, 2.45) is 0 Å². The molecule has 2 heteroatoms. The lowest BCUT2D eigenvalue weighted by atomic mass is 9.97. The van der Waals surface area contributed by atoms with Crippen molar-refractivity contribution >= 4 is 15.9 Å². The highest BCUT2D eigenvalue weighted by atomic mass is 79.9. The Hall–Kier alpha value is 0. The second kappa shape index (κ2) is 4.76. The molecule has 0 aromatic heterocycles. The third-order valence-electron chi connectivity index (χ3n) is 1.32. The molecule has 0 aromatic carbocycles. The quantitative estimate of drug-likeness (QED) is 0.700. The molecule has 0 spiro atoms. The first kappa shape index (κ1) is 10.0. The predicted molar refractivity (Wildman–Crippen MR) is 46.9 cm³/mol. The summed E-state index contributed by atoms with van der Waals surface area (Å²) >= 11 is 2.98. The first-order valence-corrected chi connectivity index (χ1v) is 4.22. The fourth-order valence-corrected chi connectivity index (χ4v) is 0.991. The molecule has 0 aromatic rings. The summed E-state index contributed by atoms with van der Waals surface area (Å²) in [6, 6.07) is 0. The van der Waals surface area contributed by atoms with Gasteiger partial charge in [0, 0.05) is 22.4 Å². The van der Waals surface area contributed by atoms with E-state index in [1.807, 2.05) is 6.92 Å². The Morgan fingerprint density at radius 1 is 1.60 bits per heavy atom. The Bertz CT molecular complexity index is 141. The van der Waals surface area contributed by atoms with Gasteiger partial charge in [0.25, 0.3) is 0 Å². The fraction of sp³-hybridized carbons (Fsp3) is 0.750. The van der Waals surface area contributed by atoms with Gasteiger partial charge in [-0.3, -0.25) is 0 Å². The van der Waals surface area contributed by atoms with Crippen molar-refractivity contribution in [2.75, 3.05) is 0 Å². The van der Waals surface area contributed by atoms with E-state index in [1.54, 1.807) is 0 Å². The molecule has 0 heterocycles. The van der Waals surface area contributed by atoms with E-state index in [4.69, 9.17) is 0 Å². The topological polar surface area (TPSA) is 20.2 Å². The van der Waals surface area contributed by atoms with E-state index in [2.05, 4.69) is 33.6 Å². The lowest BCUT2D eigenvalue weighted by Crippen LogP contribution is -2.22. The van der Waals surface area contributed by atoms with Crippen LogP contribution in [0.1, 0.15) is 33.1 Å². The fourth-order valence-electron chi connectivity index (χ4n) is 0.851. The SMILES string of the molecule is CCCC(C)(O)CC#CBr. The molecule has 1 unspecified atom stereocenters. The number of hydrogen-bond donors (Lipinski definition) is 1. The maximum Gasteiger partial charge on any atom is 0.0728 e. The molecule has 0 amide bonds. The molecule has 0 radical (unpaired) electrons. The van der Waals surface area contributed by atoms with Gasteiger partial charge in [0.2, 0.25) is 0 Å². The van der Waals surface area contributed by atoms with Gasteiger partial charge < -0.3 is 5.11 Å². The van der Waals surface area contributed by atoms with Crippen LogP contribution in [-0.2, 0) is 0 Å². The number of hydrogen-bond acceptors (Lipinski definition) is 1. The minimum absolute atomic E-state index is 0.548.